The Bertz CT molecular complexity index is 471. The summed E-state index contributed by atoms with van der Waals surface area (Å²) in [5, 5.41) is 2.63. The van der Waals surface area contributed by atoms with Gasteiger partial charge in [0.1, 0.15) is 5.75 Å². The molecule has 116 valence electrons. The van der Waals surface area contributed by atoms with Gasteiger partial charge >= 0.3 is 5.97 Å². The summed E-state index contributed by atoms with van der Waals surface area (Å²) < 4.78 is 10.3. The second-order valence-electron chi connectivity index (χ2n) is 4.89. The maximum absolute atomic E-state index is 11.6. The third kappa shape index (κ3) is 6.29. The maximum atomic E-state index is 11.6. The van der Waals surface area contributed by atoms with Gasteiger partial charge in [0.05, 0.1) is 13.0 Å². The second kappa shape index (κ2) is 9.00. The Labute approximate surface area is 125 Å². The van der Waals surface area contributed by atoms with Crippen LogP contribution in [-0.4, -0.2) is 31.6 Å². The summed E-state index contributed by atoms with van der Waals surface area (Å²) in [4.78, 5) is 22.8. The Balaban J connectivity index is 2.35. The lowest BCUT2D eigenvalue weighted by molar-refractivity contribution is -0.143. The molecule has 0 fully saturated rings. The SMILES string of the molecule is CCOC(=O)CCNC(=O)COc1ccccc1C(C)C. The van der Waals surface area contributed by atoms with Crippen molar-refractivity contribution in [1.29, 1.82) is 0 Å². The highest BCUT2D eigenvalue weighted by Crippen LogP contribution is 2.25. The van der Waals surface area contributed by atoms with Gasteiger partial charge in [-0.1, -0.05) is 32.0 Å². The van der Waals surface area contributed by atoms with Crippen LogP contribution in [0.1, 0.15) is 38.7 Å². The van der Waals surface area contributed by atoms with Crippen LogP contribution in [0.4, 0.5) is 0 Å². The molecule has 0 aliphatic rings. The van der Waals surface area contributed by atoms with E-state index in [0.29, 0.717) is 18.3 Å². The summed E-state index contributed by atoms with van der Waals surface area (Å²) in [7, 11) is 0. The molecular formula is C16H23NO4. The number of para-hydroxylation sites is 1. The smallest absolute Gasteiger partial charge is 0.307 e. The van der Waals surface area contributed by atoms with E-state index in [4.69, 9.17) is 9.47 Å². The van der Waals surface area contributed by atoms with Crippen LogP contribution >= 0.6 is 0 Å². The van der Waals surface area contributed by atoms with Crippen LogP contribution in [-0.2, 0) is 14.3 Å². The van der Waals surface area contributed by atoms with Crippen molar-refractivity contribution < 1.29 is 19.1 Å². The van der Waals surface area contributed by atoms with Gasteiger partial charge in [0.15, 0.2) is 6.61 Å². The fourth-order valence-corrected chi connectivity index (χ4v) is 1.82. The number of hydrogen-bond acceptors (Lipinski definition) is 4. The summed E-state index contributed by atoms with van der Waals surface area (Å²) >= 11 is 0. The van der Waals surface area contributed by atoms with Crippen LogP contribution in [0.2, 0.25) is 0 Å². The van der Waals surface area contributed by atoms with Crippen LogP contribution in [0, 0.1) is 0 Å². The molecule has 0 radical (unpaired) electrons. The monoisotopic (exact) mass is 293 g/mol. The molecule has 0 heterocycles. The van der Waals surface area contributed by atoms with Crippen LogP contribution in [0.3, 0.4) is 0 Å². The molecule has 0 unspecified atom stereocenters. The van der Waals surface area contributed by atoms with Crippen LogP contribution in [0.15, 0.2) is 24.3 Å². The molecule has 0 bridgehead atoms. The highest BCUT2D eigenvalue weighted by atomic mass is 16.5. The molecule has 0 aliphatic carbocycles. The van der Waals surface area contributed by atoms with Crippen molar-refractivity contribution in [1.82, 2.24) is 5.32 Å². The summed E-state index contributed by atoms with van der Waals surface area (Å²) in [5.41, 5.74) is 1.07. The quantitative estimate of drug-likeness (QED) is 0.747. The molecule has 0 atom stereocenters. The van der Waals surface area contributed by atoms with Gasteiger partial charge < -0.3 is 14.8 Å². The number of esters is 1. The third-order valence-corrected chi connectivity index (χ3v) is 2.86. The Morgan fingerprint density at radius 2 is 1.95 bits per heavy atom. The van der Waals surface area contributed by atoms with Crippen LogP contribution < -0.4 is 10.1 Å². The van der Waals surface area contributed by atoms with Crippen molar-refractivity contribution in [2.24, 2.45) is 0 Å². The molecule has 1 aromatic rings. The molecule has 1 N–H and O–H groups in total. The minimum atomic E-state index is -0.316. The van der Waals surface area contributed by atoms with E-state index < -0.39 is 0 Å². The third-order valence-electron chi connectivity index (χ3n) is 2.86. The van der Waals surface area contributed by atoms with E-state index in [1.807, 2.05) is 24.3 Å². The number of hydrogen-bond donors (Lipinski definition) is 1. The van der Waals surface area contributed by atoms with Gasteiger partial charge in [0.2, 0.25) is 0 Å². The van der Waals surface area contributed by atoms with Gasteiger partial charge in [-0.25, -0.2) is 0 Å². The number of carbonyl (C=O) groups is 2. The zero-order valence-corrected chi connectivity index (χ0v) is 12.8. The molecule has 5 nitrogen and oxygen atoms in total. The fraction of sp³-hybridized carbons (Fsp3) is 0.500. The lowest BCUT2D eigenvalue weighted by atomic mass is 10.0. The number of nitrogens with one attached hydrogen (secondary N) is 1. The highest BCUT2D eigenvalue weighted by molar-refractivity contribution is 5.78. The van der Waals surface area contributed by atoms with E-state index in [9.17, 15) is 9.59 Å². The molecule has 0 saturated carbocycles. The Kier molecular flexibility index (Phi) is 7.29. The number of ether oxygens (including phenoxy) is 2. The molecule has 1 rings (SSSR count). The zero-order chi connectivity index (χ0) is 15.7. The van der Waals surface area contributed by atoms with Gasteiger partial charge in [-0.3, -0.25) is 9.59 Å². The standard InChI is InChI=1S/C16H23NO4/c1-4-20-16(19)9-10-17-15(18)11-21-14-8-6-5-7-13(14)12(2)3/h5-8,12H,4,9-11H2,1-3H3,(H,17,18). The molecule has 1 aromatic carbocycles. The summed E-state index contributed by atoms with van der Waals surface area (Å²) in [6, 6.07) is 7.65. The van der Waals surface area contributed by atoms with Crippen molar-refractivity contribution in [2.45, 2.75) is 33.1 Å². The van der Waals surface area contributed by atoms with Crippen LogP contribution in [0.5, 0.6) is 5.75 Å². The lowest BCUT2D eigenvalue weighted by Crippen LogP contribution is -2.31. The minimum Gasteiger partial charge on any atom is -0.483 e. The van der Waals surface area contributed by atoms with Crippen molar-refractivity contribution in [3.05, 3.63) is 29.8 Å². The second-order valence-corrected chi connectivity index (χ2v) is 4.89. The maximum Gasteiger partial charge on any atom is 0.307 e. The van der Waals surface area contributed by atoms with Crippen molar-refractivity contribution in [3.8, 4) is 5.75 Å². The summed E-state index contributed by atoms with van der Waals surface area (Å²) in [5.74, 6) is 0.475. The zero-order valence-electron chi connectivity index (χ0n) is 12.8. The van der Waals surface area contributed by atoms with E-state index in [-0.39, 0.29) is 31.4 Å². The number of rotatable bonds is 8. The predicted octanol–water partition coefficient (Wildman–Crippen LogP) is 2.26. The molecule has 0 saturated heterocycles. The topological polar surface area (TPSA) is 64.6 Å². The molecule has 1 amide bonds. The molecule has 0 aliphatic heterocycles. The first-order valence-electron chi connectivity index (χ1n) is 7.18. The first kappa shape index (κ1) is 17.0. The number of amides is 1. The van der Waals surface area contributed by atoms with Gasteiger partial charge in [0, 0.05) is 6.54 Å². The van der Waals surface area contributed by atoms with Crippen molar-refractivity contribution >= 4 is 11.9 Å². The summed E-state index contributed by atoms with van der Waals surface area (Å²) in [6.45, 7) is 6.43. The van der Waals surface area contributed by atoms with E-state index >= 15 is 0 Å². The largest absolute Gasteiger partial charge is 0.483 e. The minimum absolute atomic E-state index is 0.0629. The first-order chi connectivity index (χ1) is 10.0. The van der Waals surface area contributed by atoms with E-state index in [1.165, 1.54) is 0 Å². The highest BCUT2D eigenvalue weighted by Gasteiger charge is 2.09. The van der Waals surface area contributed by atoms with Crippen molar-refractivity contribution in [3.63, 3.8) is 0 Å². The van der Waals surface area contributed by atoms with Crippen LogP contribution in [0.25, 0.3) is 0 Å². The van der Waals surface area contributed by atoms with E-state index in [0.717, 1.165) is 5.56 Å². The normalized spacial score (nSPS) is 10.3. The van der Waals surface area contributed by atoms with Gasteiger partial charge in [-0.05, 0) is 24.5 Å². The lowest BCUT2D eigenvalue weighted by Gasteiger charge is -2.13. The first-order valence-corrected chi connectivity index (χ1v) is 7.18. The van der Waals surface area contributed by atoms with E-state index in [1.54, 1.807) is 6.92 Å². The average Bonchev–Trinajstić information content (AvgIpc) is 2.45. The molecule has 5 heteroatoms. The summed E-state index contributed by atoms with van der Waals surface area (Å²) in [6.07, 6.45) is 0.169. The molecule has 0 aromatic heterocycles. The fourth-order valence-electron chi connectivity index (χ4n) is 1.82. The Morgan fingerprint density at radius 1 is 1.24 bits per heavy atom. The van der Waals surface area contributed by atoms with Gasteiger partial charge in [-0.15, -0.1) is 0 Å². The van der Waals surface area contributed by atoms with Gasteiger partial charge in [0.25, 0.3) is 5.91 Å². The van der Waals surface area contributed by atoms with E-state index in [2.05, 4.69) is 19.2 Å². The predicted molar refractivity (Wildman–Crippen MR) is 80.3 cm³/mol. The average molecular weight is 293 g/mol. The number of benzene rings is 1. The van der Waals surface area contributed by atoms with Gasteiger partial charge in [-0.2, -0.15) is 0 Å². The molecule has 21 heavy (non-hydrogen) atoms. The molecular weight excluding hydrogens is 270 g/mol. The molecule has 0 spiro atoms. The Morgan fingerprint density at radius 3 is 2.62 bits per heavy atom. The number of carbonyl (C=O) groups excluding carboxylic acids is 2. The Hall–Kier alpha value is -2.04. The van der Waals surface area contributed by atoms with Crippen molar-refractivity contribution in [2.75, 3.05) is 19.8 Å².